The summed E-state index contributed by atoms with van der Waals surface area (Å²) in [5.41, 5.74) is 19.9. The van der Waals surface area contributed by atoms with Crippen LogP contribution in [0.3, 0.4) is 0 Å². The zero-order valence-electron chi connectivity index (χ0n) is 40.7. The highest BCUT2D eigenvalue weighted by atomic mass is 15.1. The molecule has 0 amide bonds. The predicted molar refractivity (Wildman–Crippen MR) is 313 cm³/mol. The third-order valence-corrected chi connectivity index (χ3v) is 15.5. The van der Waals surface area contributed by atoms with Gasteiger partial charge in [-0.2, -0.15) is 0 Å². The zero-order valence-corrected chi connectivity index (χ0v) is 40.7. The van der Waals surface area contributed by atoms with Crippen LogP contribution in [-0.4, -0.2) is 0 Å². The topological polar surface area (TPSA) is 3.24 Å². The van der Waals surface area contributed by atoms with Crippen LogP contribution < -0.4 is 4.90 Å². The van der Waals surface area contributed by atoms with E-state index in [1.165, 1.54) is 99.1 Å². The standard InChI is InChI=1S/C73H49N/c1-5-23-51(24-6-1)71-67-39-16-15-37-63(67)64-44-42-54(48-68(64)72(71)52-25-7-2-8-26-52)53-28-19-34-58(46-53)74(59-35-20-29-55(47-59)62-40-21-27-50-22-13-14-36-61(50)62)60-43-45-66-65-38-17-18-41-69(65)73(70(66)49-60,56-30-9-3-10-31-56)57-32-11-4-12-33-57/h1-49H. The molecule has 0 fully saturated rings. The number of anilines is 3. The number of benzene rings is 13. The van der Waals surface area contributed by atoms with Gasteiger partial charge in [0.05, 0.1) is 5.41 Å². The van der Waals surface area contributed by atoms with E-state index in [2.05, 4.69) is 302 Å². The first-order valence-electron chi connectivity index (χ1n) is 25.7. The third-order valence-electron chi connectivity index (χ3n) is 15.5. The maximum atomic E-state index is 2.48. The second-order valence-corrected chi connectivity index (χ2v) is 19.5. The van der Waals surface area contributed by atoms with Crippen molar-refractivity contribution < 1.29 is 0 Å². The Kier molecular flexibility index (Phi) is 10.5. The van der Waals surface area contributed by atoms with E-state index in [9.17, 15) is 0 Å². The van der Waals surface area contributed by atoms with Crippen molar-refractivity contribution in [3.05, 3.63) is 320 Å². The molecule has 0 N–H and O–H groups in total. The lowest BCUT2D eigenvalue weighted by Crippen LogP contribution is -2.28. The van der Waals surface area contributed by atoms with Crippen LogP contribution in [0.15, 0.2) is 297 Å². The minimum atomic E-state index is -0.549. The second-order valence-electron chi connectivity index (χ2n) is 19.5. The van der Waals surface area contributed by atoms with Crippen LogP contribution in [0.5, 0.6) is 0 Å². The lowest BCUT2D eigenvalue weighted by atomic mass is 9.67. The molecule has 1 nitrogen and oxygen atoms in total. The Balaban J connectivity index is 1.00. The number of hydrogen-bond donors (Lipinski definition) is 0. The van der Waals surface area contributed by atoms with Gasteiger partial charge in [0, 0.05) is 17.1 Å². The van der Waals surface area contributed by atoms with Crippen molar-refractivity contribution in [3.8, 4) is 55.6 Å². The molecule has 13 aromatic rings. The minimum absolute atomic E-state index is 0.549. The van der Waals surface area contributed by atoms with Crippen LogP contribution in [0.25, 0.3) is 88.0 Å². The molecule has 1 heteroatoms. The average molecular weight is 940 g/mol. The molecule has 1 aliphatic rings. The van der Waals surface area contributed by atoms with E-state index in [-0.39, 0.29) is 0 Å². The Morgan fingerprint density at radius 2 is 0.689 bits per heavy atom. The Bertz CT molecular complexity index is 4190. The Labute approximate surface area is 432 Å². The van der Waals surface area contributed by atoms with Crippen LogP contribution in [0, 0.1) is 0 Å². The molecule has 0 atom stereocenters. The van der Waals surface area contributed by atoms with E-state index in [1.54, 1.807) is 0 Å². The molecule has 0 saturated carbocycles. The molecule has 1 aliphatic carbocycles. The third kappa shape index (κ3) is 7.00. The molecule has 0 radical (unpaired) electrons. The van der Waals surface area contributed by atoms with Crippen molar-refractivity contribution in [2.75, 3.05) is 4.90 Å². The van der Waals surface area contributed by atoms with Crippen molar-refractivity contribution in [2.24, 2.45) is 0 Å². The number of hydrogen-bond acceptors (Lipinski definition) is 1. The summed E-state index contributed by atoms with van der Waals surface area (Å²) in [6.07, 6.45) is 0. The average Bonchev–Trinajstić information content (AvgIpc) is 3.79. The molecule has 74 heavy (non-hydrogen) atoms. The van der Waals surface area contributed by atoms with Crippen molar-refractivity contribution in [1.82, 2.24) is 0 Å². The zero-order chi connectivity index (χ0) is 49.0. The van der Waals surface area contributed by atoms with Crippen LogP contribution in [0.1, 0.15) is 22.3 Å². The fourth-order valence-electron chi connectivity index (χ4n) is 12.3. The van der Waals surface area contributed by atoms with Gasteiger partial charge in [-0.15, -0.1) is 0 Å². The number of fused-ring (bicyclic) bond motifs is 7. The smallest absolute Gasteiger partial charge is 0.0714 e. The molecular weight excluding hydrogens is 891 g/mol. The molecule has 0 heterocycles. The fraction of sp³-hybridized carbons (Fsp3) is 0.0137. The van der Waals surface area contributed by atoms with Gasteiger partial charge in [0.25, 0.3) is 0 Å². The van der Waals surface area contributed by atoms with Crippen molar-refractivity contribution in [2.45, 2.75) is 5.41 Å². The molecule has 0 saturated heterocycles. The second kappa shape index (κ2) is 17.9. The van der Waals surface area contributed by atoms with Gasteiger partial charge >= 0.3 is 0 Å². The first-order chi connectivity index (χ1) is 36.7. The van der Waals surface area contributed by atoms with E-state index >= 15 is 0 Å². The Morgan fingerprint density at radius 1 is 0.230 bits per heavy atom. The van der Waals surface area contributed by atoms with Gasteiger partial charge in [0.1, 0.15) is 0 Å². The summed E-state index contributed by atoms with van der Waals surface area (Å²) in [5.74, 6) is 0. The number of nitrogens with zero attached hydrogens (tertiary/aromatic N) is 1. The monoisotopic (exact) mass is 939 g/mol. The normalized spacial score (nSPS) is 12.4. The SMILES string of the molecule is c1ccc(-c2c(-c3ccccc3)c3cc(-c4cccc(N(c5cccc(-c6cccc7ccccc67)c5)c5ccc6c(c5)C(c5ccccc5)(c5ccccc5)c5ccccc5-6)c4)ccc3c3ccccc23)cc1. The minimum Gasteiger partial charge on any atom is -0.310 e. The van der Waals surface area contributed by atoms with E-state index in [1.807, 2.05) is 0 Å². The summed E-state index contributed by atoms with van der Waals surface area (Å²) in [6, 6.07) is 110. The number of rotatable bonds is 9. The maximum absolute atomic E-state index is 2.48. The molecule has 0 bridgehead atoms. The van der Waals surface area contributed by atoms with Crippen LogP contribution in [0.2, 0.25) is 0 Å². The van der Waals surface area contributed by atoms with Gasteiger partial charge in [0.15, 0.2) is 0 Å². The fourth-order valence-corrected chi connectivity index (χ4v) is 12.3. The summed E-state index contributed by atoms with van der Waals surface area (Å²) in [5, 5.41) is 7.44. The molecule has 0 aliphatic heterocycles. The van der Waals surface area contributed by atoms with Crippen molar-refractivity contribution >= 4 is 49.4 Å². The molecule has 14 rings (SSSR count). The molecule has 0 aromatic heterocycles. The van der Waals surface area contributed by atoms with E-state index in [0.29, 0.717) is 0 Å². The van der Waals surface area contributed by atoms with Gasteiger partial charge in [-0.25, -0.2) is 0 Å². The molecule has 0 unspecified atom stereocenters. The maximum Gasteiger partial charge on any atom is 0.0714 e. The summed E-state index contributed by atoms with van der Waals surface area (Å²) in [4.78, 5) is 2.47. The summed E-state index contributed by atoms with van der Waals surface area (Å²) in [6.45, 7) is 0. The molecule has 13 aromatic carbocycles. The largest absolute Gasteiger partial charge is 0.310 e. The van der Waals surface area contributed by atoms with Gasteiger partial charge in [-0.05, 0) is 153 Å². The highest BCUT2D eigenvalue weighted by Crippen LogP contribution is 2.57. The first kappa shape index (κ1) is 43.2. The predicted octanol–water partition coefficient (Wildman–Crippen LogP) is 19.6. The van der Waals surface area contributed by atoms with E-state index in [4.69, 9.17) is 0 Å². The van der Waals surface area contributed by atoms with Crippen molar-refractivity contribution in [3.63, 3.8) is 0 Å². The van der Waals surface area contributed by atoms with Crippen molar-refractivity contribution in [1.29, 1.82) is 0 Å². The quantitative estimate of drug-likeness (QED) is 0.130. The van der Waals surface area contributed by atoms with Crippen LogP contribution in [0.4, 0.5) is 17.1 Å². The Morgan fingerprint density at radius 3 is 1.39 bits per heavy atom. The first-order valence-corrected chi connectivity index (χ1v) is 25.7. The molecule has 0 spiro atoms. The summed E-state index contributed by atoms with van der Waals surface area (Å²) >= 11 is 0. The lowest BCUT2D eigenvalue weighted by Gasteiger charge is -2.35. The highest BCUT2D eigenvalue weighted by Gasteiger charge is 2.46. The van der Waals surface area contributed by atoms with Gasteiger partial charge in [0.2, 0.25) is 0 Å². The molecule has 346 valence electrons. The van der Waals surface area contributed by atoms with Gasteiger partial charge < -0.3 is 4.90 Å². The van der Waals surface area contributed by atoms with Gasteiger partial charge in [-0.1, -0.05) is 255 Å². The summed E-state index contributed by atoms with van der Waals surface area (Å²) < 4.78 is 0. The highest BCUT2D eigenvalue weighted by molar-refractivity contribution is 6.22. The van der Waals surface area contributed by atoms with Gasteiger partial charge in [-0.3, -0.25) is 0 Å². The Hall–Kier alpha value is -9.56. The molecular formula is C73H49N. The summed E-state index contributed by atoms with van der Waals surface area (Å²) in [7, 11) is 0. The van der Waals surface area contributed by atoms with Crippen LogP contribution in [-0.2, 0) is 5.41 Å². The van der Waals surface area contributed by atoms with E-state index in [0.717, 1.165) is 28.2 Å². The van der Waals surface area contributed by atoms with Crippen LogP contribution >= 0.6 is 0 Å². The lowest BCUT2D eigenvalue weighted by molar-refractivity contribution is 0.768. The van der Waals surface area contributed by atoms with E-state index < -0.39 is 5.41 Å².